The fourth-order valence-electron chi connectivity index (χ4n) is 2.49. The molecule has 0 aliphatic carbocycles. The van der Waals surface area contributed by atoms with Gasteiger partial charge >= 0.3 is 6.18 Å². The molecule has 0 aromatic heterocycles. The predicted octanol–water partition coefficient (Wildman–Crippen LogP) is 4.07. The number of fused-ring (bicyclic) bond motifs is 1. The number of halogens is 4. The molecule has 0 fully saturated rings. The highest BCUT2D eigenvalue weighted by Gasteiger charge is 2.43. The van der Waals surface area contributed by atoms with Gasteiger partial charge in [-0.2, -0.15) is 13.2 Å². The Labute approximate surface area is 142 Å². The van der Waals surface area contributed by atoms with Gasteiger partial charge in [0, 0.05) is 17.2 Å². The maximum atomic E-state index is 13.2. The Bertz CT molecular complexity index is 943. The minimum atomic E-state index is -4.86. The van der Waals surface area contributed by atoms with Gasteiger partial charge in [-0.1, -0.05) is 11.6 Å². The van der Waals surface area contributed by atoms with Crippen molar-refractivity contribution in [3.8, 4) is 0 Å². The Kier molecular flexibility index (Phi) is 3.76. The van der Waals surface area contributed by atoms with Gasteiger partial charge in [-0.05, 0) is 24.3 Å². The van der Waals surface area contributed by atoms with E-state index in [1.54, 1.807) is 0 Å². The van der Waals surface area contributed by atoms with Crippen molar-refractivity contribution in [3.63, 3.8) is 0 Å². The van der Waals surface area contributed by atoms with Gasteiger partial charge in [0.25, 0.3) is 17.5 Å². The minimum absolute atomic E-state index is 0.210. The predicted molar refractivity (Wildman–Crippen MR) is 80.7 cm³/mol. The first-order valence-electron chi connectivity index (χ1n) is 6.65. The number of hydrogen-bond donors (Lipinski definition) is 0. The molecule has 1 aliphatic heterocycles. The van der Waals surface area contributed by atoms with Crippen LogP contribution >= 0.6 is 11.6 Å². The fraction of sp³-hybridized carbons (Fsp3) is 0.0667. The molecule has 3 rings (SSSR count). The second-order valence-corrected chi connectivity index (χ2v) is 5.53. The quantitative estimate of drug-likeness (QED) is 0.453. The Balaban J connectivity index is 2.16. The lowest BCUT2D eigenvalue weighted by Gasteiger charge is -2.19. The van der Waals surface area contributed by atoms with Crippen LogP contribution in [0, 0.1) is 10.1 Å². The van der Waals surface area contributed by atoms with E-state index in [9.17, 15) is 32.9 Å². The SMILES string of the molecule is O=C1c2ccc([N+](=O)[O-])cc2C(=O)N1c1ccc(Cl)cc1C(F)(F)F. The van der Waals surface area contributed by atoms with Crippen LogP contribution in [-0.2, 0) is 6.18 Å². The molecule has 0 spiro atoms. The summed E-state index contributed by atoms with van der Waals surface area (Å²) in [5.41, 5.74) is -2.94. The van der Waals surface area contributed by atoms with Crippen molar-refractivity contribution in [3.05, 3.63) is 68.2 Å². The number of amides is 2. The second kappa shape index (κ2) is 5.55. The monoisotopic (exact) mass is 370 g/mol. The van der Waals surface area contributed by atoms with Gasteiger partial charge in [-0.15, -0.1) is 0 Å². The Hall–Kier alpha value is -2.94. The Morgan fingerprint density at radius 3 is 2.24 bits per heavy atom. The molecule has 0 atom stereocenters. The first-order chi connectivity index (χ1) is 11.6. The van der Waals surface area contributed by atoms with Crippen LogP contribution in [0.15, 0.2) is 36.4 Å². The van der Waals surface area contributed by atoms with E-state index in [1.807, 2.05) is 0 Å². The Morgan fingerprint density at radius 1 is 1.00 bits per heavy atom. The molecule has 10 heteroatoms. The summed E-state index contributed by atoms with van der Waals surface area (Å²) in [5.74, 6) is -2.07. The average Bonchev–Trinajstić information content (AvgIpc) is 2.78. The molecule has 128 valence electrons. The molecule has 2 aromatic carbocycles. The van der Waals surface area contributed by atoms with Crippen molar-refractivity contribution in [2.75, 3.05) is 4.90 Å². The van der Waals surface area contributed by atoms with Gasteiger partial charge in [0.1, 0.15) is 0 Å². The highest BCUT2D eigenvalue weighted by atomic mass is 35.5. The van der Waals surface area contributed by atoms with Crippen LogP contribution in [0.1, 0.15) is 26.3 Å². The average molecular weight is 371 g/mol. The highest BCUT2D eigenvalue weighted by molar-refractivity contribution is 6.35. The molecule has 0 N–H and O–H groups in total. The summed E-state index contributed by atoms with van der Waals surface area (Å²) >= 11 is 5.58. The minimum Gasteiger partial charge on any atom is -0.268 e. The van der Waals surface area contributed by atoms with E-state index >= 15 is 0 Å². The highest BCUT2D eigenvalue weighted by Crippen LogP contribution is 2.41. The van der Waals surface area contributed by atoms with E-state index in [0.29, 0.717) is 11.0 Å². The Morgan fingerprint density at radius 2 is 1.64 bits per heavy atom. The third-order valence-corrected chi connectivity index (χ3v) is 3.82. The maximum Gasteiger partial charge on any atom is 0.418 e. The summed E-state index contributed by atoms with van der Waals surface area (Å²) in [6.45, 7) is 0. The molecule has 25 heavy (non-hydrogen) atoms. The zero-order valence-corrected chi connectivity index (χ0v) is 12.8. The molecule has 2 aromatic rings. The summed E-state index contributed by atoms with van der Waals surface area (Å²) < 4.78 is 39.7. The van der Waals surface area contributed by atoms with Gasteiger partial charge in [-0.25, -0.2) is 4.90 Å². The molecule has 1 aliphatic rings. The topological polar surface area (TPSA) is 80.5 Å². The van der Waals surface area contributed by atoms with Crippen LogP contribution in [0.25, 0.3) is 0 Å². The standard InChI is InChI=1S/C15H6ClF3N2O4/c16-7-1-4-12(11(5-7)15(17,18)19)20-13(22)9-3-2-8(21(24)25)6-10(9)14(20)23/h1-6H. The van der Waals surface area contributed by atoms with E-state index < -0.39 is 39.9 Å². The second-order valence-electron chi connectivity index (χ2n) is 5.09. The smallest absolute Gasteiger partial charge is 0.268 e. The van der Waals surface area contributed by atoms with E-state index in [4.69, 9.17) is 11.6 Å². The number of nitro benzene ring substituents is 1. The first-order valence-corrected chi connectivity index (χ1v) is 7.03. The van der Waals surface area contributed by atoms with Crippen LogP contribution in [0.4, 0.5) is 24.5 Å². The zero-order valence-electron chi connectivity index (χ0n) is 12.0. The van der Waals surface area contributed by atoms with Crippen LogP contribution in [0.5, 0.6) is 0 Å². The van der Waals surface area contributed by atoms with Crippen LogP contribution in [0.3, 0.4) is 0 Å². The molecule has 0 unspecified atom stereocenters. The summed E-state index contributed by atoms with van der Waals surface area (Å²) in [6, 6.07) is 5.51. The fourth-order valence-corrected chi connectivity index (χ4v) is 2.66. The normalized spacial score (nSPS) is 14.0. The third kappa shape index (κ3) is 2.72. The van der Waals surface area contributed by atoms with Crippen molar-refractivity contribution >= 4 is 34.8 Å². The number of carbonyl (C=O) groups is 2. The molecule has 6 nitrogen and oxygen atoms in total. The number of anilines is 1. The summed E-state index contributed by atoms with van der Waals surface area (Å²) in [5, 5.41) is 10.6. The lowest BCUT2D eigenvalue weighted by Crippen LogP contribution is -2.31. The largest absolute Gasteiger partial charge is 0.418 e. The molecule has 1 heterocycles. The maximum absolute atomic E-state index is 13.2. The van der Waals surface area contributed by atoms with Gasteiger partial charge in [0.05, 0.1) is 27.3 Å². The lowest BCUT2D eigenvalue weighted by molar-refractivity contribution is -0.384. The number of benzene rings is 2. The number of nitrogens with zero attached hydrogens (tertiary/aromatic N) is 2. The number of hydrogen-bond acceptors (Lipinski definition) is 4. The molecule has 0 bridgehead atoms. The molecule has 0 radical (unpaired) electrons. The summed E-state index contributed by atoms with van der Waals surface area (Å²) in [4.78, 5) is 35.2. The molecule has 0 saturated carbocycles. The van der Waals surface area contributed by atoms with Crippen molar-refractivity contribution in [2.45, 2.75) is 6.18 Å². The van der Waals surface area contributed by atoms with E-state index in [2.05, 4.69) is 0 Å². The van der Waals surface area contributed by atoms with Crippen LogP contribution < -0.4 is 4.90 Å². The number of imide groups is 1. The molecule has 2 amide bonds. The van der Waals surface area contributed by atoms with Crippen molar-refractivity contribution in [1.82, 2.24) is 0 Å². The van der Waals surface area contributed by atoms with Crippen molar-refractivity contribution < 1.29 is 27.7 Å². The number of rotatable bonds is 2. The number of carbonyl (C=O) groups excluding carboxylic acids is 2. The molecule has 0 saturated heterocycles. The lowest BCUT2D eigenvalue weighted by atomic mass is 10.1. The number of non-ortho nitro benzene ring substituents is 1. The van der Waals surface area contributed by atoms with Gasteiger partial charge in [-0.3, -0.25) is 19.7 Å². The molecular formula is C15H6ClF3N2O4. The summed E-state index contributed by atoms with van der Waals surface area (Å²) in [7, 11) is 0. The summed E-state index contributed by atoms with van der Waals surface area (Å²) in [6.07, 6.45) is -4.86. The third-order valence-electron chi connectivity index (χ3n) is 3.59. The first kappa shape index (κ1) is 16.9. The molecular weight excluding hydrogens is 365 g/mol. The van der Waals surface area contributed by atoms with Gasteiger partial charge < -0.3 is 0 Å². The van der Waals surface area contributed by atoms with Crippen molar-refractivity contribution in [1.29, 1.82) is 0 Å². The van der Waals surface area contributed by atoms with Crippen molar-refractivity contribution in [2.24, 2.45) is 0 Å². The van der Waals surface area contributed by atoms with E-state index in [-0.39, 0.29) is 16.1 Å². The number of alkyl halides is 3. The van der Waals surface area contributed by atoms with E-state index in [0.717, 1.165) is 30.3 Å². The van der Waals surface area contributed by atoms with Gasteiger partial charge in [0.2, 0.25) is 0 Å². The van der Waals surface area contributed by atoms with Crippen LogP contribution in [0.2, 0.25) is 5.02 Å². The number of nitro groups is 1. The zero-order chi connectivity index (χ0) is 18.5. The van der Waals surface area contributed by atoms with Crippen LogP contribution in [-0.4, -0.2) is 16.7 Å². The van der Waals surface area contributed by atoms with E-state index in [1.165, 1.54) is 0 Å². The van der Waals surface area contributed by atoms with Gasteiger partial charge in [0.15, 0.2) is 0 Å².